The molecule has 3 atom stereocenters. The van der Waals surface area contributed by atoms with Gasteiger partial charge in [0.25, 0.3) is 5.91 Å². The first kappa shape index (κ1) is 25.5. The Kier molecular flexibility index (Phi) is 8.47. The Morgan fingerprint density at radius 3 is 2.58 bits per heavy atom. The summed E-state index contributed by atoms with van der Waals surface area (Å²) in [5.74, 6) is -1.72. The first-order valence-corrected chi connectivity index (χ1v) is 13.1. The predicted molar refractivity (Wildman–Crippen MR) is 133 cm³/mol. The van der Waals surface area contributed by atoms with Crippen LogP contribution in [-0.4, -0.2) is 69.3 Å². The fourth-order valence-electron chi connectivity index (χ4n) is 4.80. The molecule has 2 fully saturated rings. The zero-order valence-electron chi connectivity index (χ0n) is 19.9. The third-order valence-electron chi connectivity index (χ3n) is 6.61. The van der Waals surface area contributed by atoms with E-state index in [1.165, 1.54) is 34.8 Å². The molecular formula is C24H31N7O4S. The van der Waals surface area contributed by atoms with Crippen LogP contribution in [0.3, 0.4) is 0 Å². The Balaban J connectivity index is 1.50. The summed E-state index contributed by atoms with van der Waals surface area (Å²) in [6, 6.07) is 0.779. The maximum absolute atomic E-state index is 13.5. The molecule has 2 aromatic heterocycles. The quantitative estimate of drug-likeness (QED) is 0.411. The highest BCUT2D eigenvalue weighted by atomic mass is 32.1. The van der Waals surface area contributed by atoms with Gasteiger partial charge in [-0.1, -0.05) is 25.3 Å². The van der Waals surface area contributed by atoms with Crippen LogP contribution in [0.25, 0.3) is 0 Å². The van der Waals surface area contributed by atoms with Crippen molar-refractivity contribution in [1.29, 1.82) is 0 Å². The second-order valence-corrected chi connectivity index (χ2v) is 10.2. The van der Waals surface area contributed by atoms with Crippen molar-refractivity contribution in [3.8, 4) is 0 Å². The minimum Gasteiger partial charge on any atom is -0.368 e. The molecule has 5 amide bonds. The van der Waals surface area contributed by atoms with Crippen molar-refractivity contribution in [3.05, 3.63) is 46.7 Å². The molecule has 192 valence electrons. The van der Waals surface area contributed by atoms with E-state index in [4.69, 9.17) is 5.73 Å². The molecule has 2 aromatic rings. The summed E-state index contributed by atoms with van der Waals surface area (Å²) in [6.45, 7) is 0.230. The lowest BCUT2D eigenvalue weighted by Gasteiger charge is -2.29. The van der Waals surface area contributed by atoms with Crippen LogP contribution in [0.15, 0.2) is 36.1 Å². The monoisotopic (exact) mass is 513 g/mol. The molecule has 4 rings (SSSR count). The Morgan fingerprint density at radius 2 is 1.92 bits per heavy atom. The van der Waals surface area contributed by atoms with Crippen LogP contribution in [0, 0.1) is 0 Å². The van der Waals surface area contributed by atoms with Gasteiger partial charge < -0.3 is 26.6 Å². The highest BCUT2D eigenvalue weighted by Gasteiger charge is 2.44. The van der Waals surface area contributed by atoms with Crippen molar-refractivity contribution in [2.75, 3.05) is 6.54 Å². The standard InChI is InChI=1S/C24H31N7O4S/c25-21(32)18(13-16-7-4-12-36-16)29-22(33)20-17(30-24(35)28-15-5-2-1-3-6-15)8-11-31(20)23(34)19-14-26-9-10-27-19/h4,7,9-10,12,14-15,17-18,20H,1-3,5-6,8,11,13H2,(H2,25,32)(H,29,33)(H2,28,30,35)/t17-,18-,20+/m0/s1. The molecule has 3 heterocycles. The van der Waals surface area contributed by atoms with Gasteiger partial charge in [-0.05, 0) is 30.7 Å². The van der Waals surface area contributed by atoms with Crippen LogP contribution in [0.4, 0.5) is 4.79 Å². The lowest BCUT2D eigenvalue weighted by atomic mass is 9.96. The molecule has 2 aliphatic rings. The number of urea groups is 1. The van der Waals surface area contributed by atoms with E-state index >= 15 is 0 Å². The first-order valence-electron chi connectivity index (χ1n) is 12.2. The zero-order chi connectivity index (χ0) is 25.5. The Morgan fingerprint density at radius 1 is 1.11 bits per heavy atom. The molecule has 1 saturated carbocycles. The summed E-state index contributed by atoms with van der Waals surface area (Å²) >= 11 is 1.45. The van der Waals surface area contributed by atoms with Crippen molar-refractivity contribution in [1.82, 2.24) is 30.8 Å². The molecule has 12 heteroatoms. The third kappa shape index (κ3) is 6.36. The predicted octanol–water partition coefficient (Wildman–Crippen LogP) is 0.966. The molecule has 0 unspecified atom stereocenters. The Labute approximate surface area is 213 Å². The molecule has 5 N–H and O–H groups in total. The molecule has 1 aliphatic carbocycles. The number of nitrogens with two attached hydrogens (primary N) is 1. The maximum atomic E-state index is 13.5. The van der Waals surface area contributed by atoms with Crippen molar-refractivity contribution in [3.63, 3.8) is 0 Å². The second-order valence-electron chi connectivity index (χ2n) is 9.13. The maximum Gasteiger partial charge on any atom is 0.315 e. The van der Waals surface area contributed by atoms with Gasteiger partial charge in [0.05, 0.1) is 12.2 Å². The highest BCUT2D eigenvalue weighted by Crippen LogP contribution is 2.22. The summed E-state index contributed by atoms with van der Waals surface area (Å²) < 4.78 is 0. The number of likely N-dealkylation sites (tertiary alicyclic amines) is 1. The summed E-state index contributed by atoms with van der Waals surface area (Å²) in [4.78, 5) is 61.9. The van der Waals surface area contributed by atoms with Gasteiger partial charge in [-0.2, -0.15) is 0 Å². The number of thiophene rings is 1. The van der Waals surface area contributed by atoms with Crippen molar-refractivity contribution >= 4 is 35.1 Å². The molecule has 0 radical (unpaired) electrons. The normalized spacial score (nSPS) is 20.9. The number of amides is 5. The third-order valence-corrected chi connectivity index (χ3v) is 7.51. The molecule has 0 bridgehead atoms. The first-order chi connectivity index (χ1) is 17.4. The van der Waals surface area contributed by atoms with Crippen LogP contribution in [0.2, 0.25) is 0 Å². The minimum atomic E-state index is -1.04. The van der Waals surface area contributed by atoms with Gasteiger partial charge in [0, 0.05) is 36.3 Å². The van der Waals surface area contributed by atoms with E-state index in [1.807, 2.05) is 17.5 Å². The Hall–Kier alpha value is -3.54. The average Bonchev–Trinajstić information content (AvgIpc) is 3.54. The average molecular weight is 514 g/mol. The van der Waals surface area contributed by atoms with E-state index in [2.05, 4.69) is 25.9 Å². The number of hydrogen-bond acceptors (Lipinski definition) is 7. The van der Waals surface area contributed by atoms with Crippen LogP contribution in [0.5, 0.6) is 0 Å². The molecule has 11 nitrogen and oxygen atoms in total. The van der Waals surface area contributed by atoms with E-state index in [9.17, 15) is 19.2 Å². The van der Waals surface area contributed by atoms with Gasteiger partial charge in [-0.15, -0.1) is 11.3 Å². The lowest BCUT2D eigenvalue weighted by molar-refractivity contribution is -0.130. The highest BCUT2D eigenvalue weighted by molar-refractivity contribution is 7.09. The number of carbonyl (C=O) groups is 4. The summed E-state index contributed by atoms with van der Waals surface area (Å²) in [6.07, 6.45) is 9.93. The van der Waals surface area contributed by atoms with Crippen molar-refractivity contribution < 1.29 is 19.2 Å². The number of rotatable bonds is 8. The smallest absolute Gasteiger partial charge is 0.315 e. The van der Waals surface area contributed by atoms with E-state index in [0.717, 1.165) is 37.0 Å². The van der Waals surface area contributed by atoms with E-state index in [1.54, 1.807) is 0 Å². The summed E-state index contributed by atoms with van der Waals surface area (Å²) in [5.41, 5.74) is 5.67. The summed E-state index contributed by atoms with van der Waals surface area (Å²) in [5, 5.41) is 10.5. The van der Waals surface area contributed by atoms with Crippen molar-refractivity contribution in [2.24, 2.45) is 5.73 Å². The fraction of sp³-hybridized carbons (Fsp3) is 0.500. The Bertz CT molecular complexity index is 1060. The second kappa shape index (κ2) is 11.9. The van der Waals surface area contributed by atoms with Gasteiger partial charge in [0.15, 0.2) is 0 Å². The number of primary amides is 1. The van der Waals surface area contributed by atoms with Gasteiger partial charge in [0.1, 0.15) is 17.8 Å². The van der Waals surface area contributed by atoms with Crippen molar-refractivity contribution in [2.45, 2.75) is 69.1 Å². The molecular weight excluding hydrogens is 482 g/mol. The number of nitrogens with zero attached hydrogens (tertiary/aromatic N) is 3. The molecule has 1 aliphatic heterocycles. The van der Waals surface area contributed by atoms with Crippen LogP contribution >= 0.6 is 11.3 Å². The van der Waals surface area contributed by atoms with Crippen LogP contribution in [-0.2, 0) is 16.0 Å². The van der Waals surface area contributed by atoms with Gasteiger partial charge in [0.2, 0.25) is 11.8 Å². The van der Waals surface area contributed by atoms with E-state index in [-0.39, 0.29) is 30.7 Å². The summed E-state index contributed by atoms with van der Waals surface area (Å²) in [7, 11) is 0. The zero-order valence-corrected chi connectivity index (χ0v) is 20.7. The van der Waals surface area contributed by atoms with Gasteiger partial charge >= 0.3 is 6.03 Å². The van der Waals surface area contributed by atoms with E-state index in [0.29, 0.717) is 6.42 Å². The number of carbonyl (C=O) groups excluding carboxylic acids is 4. The largest absolute Gasteiger partial charge is 0.368 e. The topological polar surface area (TPSA) is 159 Å². The number of hydrogen-bond donors (Lipinski definition) is 4. The van der Waals surface area contributed by atoms with Crippen LogP contribution in [0.1, 0.15) is 53.9 Å². The fourth-order valence-corrected chi connectivity index (χ4v) is 5.56. The lowest BCUT2D eigenvalue weighted by Crippen LogP contribution is -2.59. The van der Waals surface area contributed by atoms with Gasteiger partial charge in [-0.3, -0.25) is 19.4 Å². The molecule has 1 saturated heterocycles. The SMILES string of the molecule is NC(=O)[C@H](Cc1cccs1)NC(=O)[C@H]1[C@@H](NC(=O)NC2CCCCC2)CCN1C(=O)c1cnccn1. The number of aromatic nitrogens is 2. The number of nitrogens with one attached hydrogen (secondary N) is 3. The molecule has 36 heavy (non-hydrogen) atoms. The van der Waals surface area contributed by atoms with Gasteiger partial charge in [-0.25, -0.2) is 9.78 Å². The van der Waals surface area contributed by atoms with Crippen LogP contribution < -0.4 is 21.7 Å². The molecule has 0 aromatic carbocycles. The molecule has 0 spiro atoms. The van der Waals surface area contributed by atoms with E-state index < -0.39 is 35.8 Å². The minimum absolute atomic E-state index is 0.0904.